The van der Waals surface area contributed by atoms with Gasteiger partial charge in [-0.05, 0) is 24.1 Å². The van der Waals surface area contributed by atoms with Crippen LogP contribution in [0.3, 0.4) is 0 Å². The summed E-state index contributed by atoms with van der Waals surface area (Å²) in [5.41, 5.74) is 3.88. The van der Waals surface area contributed by atoms with Crippen molar-refractivity contribution in [3.8, 4) is 0 Å². The predicted octanol–water partition coefficient (Wildman–Crippen LogP) is 2.62. The highest BCUT2D eigenvalue weighted by atomic mass is 16.2. The Hall–Kier alpha value is -3.74. The standard InChI is InChI=1S/C21H19N5O2/c1-14-19(17-8-4-5-9-18(17)25-14)20(27)21(28)23-10-15-6-2-3-7-16(15)11-26-13-22-12-24-26/h2-9,12-13,25H,10-11H2,1H3,(H,23,28). The zero-order valence-corrected chi connectivity index (χ0v) is 15.3. The molecule has 2 aromatic heterocycles. The van der Waals surface area contributed by atoms with Crippen molar-refractivity contribution < 1.29 is 9.59 Å². The zero-order valence-electron chi connectivity index (χ0n) is 15.3. The number of H-pyrrole nitrogens is 1. The Kier molecular flexibility index (Phi) is 4.72. The summed E-state index contributed by atoms with van der Waals surface area (Å²) in [4.78, 5) is 32.4. The number of benzene rings is 2. The molecule has 2 aromatic carbocycles. The number of aromatic nitrogens is 4. The van der Waals surface area contributed by atoms with E-state index >= 15 is 0 Å². The number of carbonyl (C=O) groups excluding carboxylic acids is 2. The van der Waals surface area contributed by atoms with Crippen LogP contribution in [-0.2, 0) is 17.9 Å². The Bertz CT molecular complexity index is 1140. The van der Waals surface area contributed by atoms with Crippen molar-refractivity contribution in [1.29, 1.82) is 0 Å². The van der Waals surface area contributed by atoms with E-state index in [9.17, 15) is 9.59 Å². The quantitative estimate of drug-likeness (QED) is 0.401. The molecular weight excluding hydrogens is 354 g/mol. The van der Waals surface area contributed by atoms with E-state index < -0.39 is 11.7 Å². The van der Waals surface area contributed by atoms with Crippen molar-refractivity contribution in [2.75, 3.05) is 0 Å². The van der Waals surface area contributed by atoms with Crippen LogP contribution in [0.4, 0.5) is 0 Å². The molecule has 0 radical (unpaired) electrons. The van der Waals surface area contributed by atoms with Crippen molar-refractivity contribution in [2.24, 2.45) is 0 Å². The molecule has 1 amide bonds. The summed E-state index contributed by atoms with van der Waals surface area (Å²) in [5, 5.41) is 7.62. The lowest BCUT2D eigenvalue weighted by Gasteiger charge is -2.10. The minimum absolute atomic E-state index is 0.261. The van der Waals surface area contributed by atoms with E-state index in [1.165, 1.54) is 6.33 Å². The fourth-order valence-electron chi connectivity index (χ4n) is 3.31. The molecule has 4 rings (SSSR count). The number of carbonyl (C=O) groups is 2. The van der Waals surface area contributed by atoms with Gasteiger partial charge in [-0.1, -0.05) is 42.5 Å². The molecule has 0 spiro atoms. The minimum Gasteiger partial charge on any atom is -0.358 e. The minimum atomic E-state index is -0.622. The highest BCUT2D eigenvalue weighted by Gasteiger charge is 2.22. The third kappa shape index (κ3) is 3.42. The van der Waals surface area contributed by atoms with E-state index in [-0.39, 0.29) is 6.54 Å². The van der Waals surface area contributed by atoms with Crippen LogP contribution in [0.5, 0.6) is 0 Å². The number of fused-ring (bicyclic) bond motifs is 1. The van der Waals surface area contributed by atoms with Gasteiger partial charge in [-0.2, -0.15) is 5.10 Å². The lowest BCUT2D eigenvalue weighted by atomic mass is 10.1. The van der Waals surface area contributed by atoms with E-state index in [2.05, 4.69) is 20.4 Å². The molecule has 4 aromatic rings. The van der Waals surface area contributed by atoms with Crippen LogP contribution in [0.25, 0.3) is 10.9 Å². The van der Waals surface area contributed by atoms with E-state index in [4.69, 9.17) is 0 Å². The van der Waals surface area contributed by atoms with Gasteiger partial charge in [0.2, 0.25) is 0 Å². The van der Waals surface area contributed by atoms with E-state index in [1.807, 2.05) is 48.5 Å². The molecule has 0 aliphatic heterocycles. The van der Waals surface area contributed by atoms with Gasteiger partial charge in [-0.25, -0.2) is 9.67 Å². The van der Waals surface area contributed by atoms with Gasteiger partial charge in [-0.15, -0.1) is 0 Å². The van der Waals surface area contributed by atoms with Crippen LogP contribution in [0.15, 0.2) is 61.2 Å². The first kappa shape index (κ1) is 17.7. The monoisotopic (exact) mass is 373 g/mol. The number of aryl methyl sites for hydroxylation is 1. The summed E-state index contributed by atoms with van der Waals surface area (Å²) in [6.45, 7) is 2.60. The van der Waals surface area contributed by atoms with Crippen molar-refractivity contribution in [3.05, 3.63) is 83.6 Å². The van der Waals surface area contributed by atoms with Crippen LogP contribution in [0, 0.1) is 6.92 Å². The molecule has 0 saturated carbocycles. The van der Waals surface area contributed by atoms with Crippen molar-refractivity contribution in [1.82, 2.24) is 25.1 Å². The van der Waals surface area contributed by atoms with Gasteiger partial charge in [0, 0.05) is 23.1 Å². The number of rotatable bonds is 6. The van der Waals surface area contributed by atoms with Gasteiger partial charge >= 0.3 is 0 Å². The summed E-state index contributed by atoms with van der Waals surface area (Å²) in [5.74, 6) is -1.16. The van der Waals surface area contributed by atoms with Gasteiger partial charge in [0.05, 0.1) is 12.1 Å². The Balaban J connectivity index is 1.50. The van der Waals surface area contributed by atoms with Gasteiger partial charge in [-0.3, -0.25) is 9.59 Å². The number of hydrogen-bond acceptors (Lipinski definition) is 4. The Morgan fingerprint density at radius 2 is 1.82 bits per heavy atom. The molecule has 0 unspecified atom stereocenters. The number of amides is 1. The molecule has 0 bridgehead atoms. The van der Waals surface area contributed by atoms with Crippen molar-refractivity contribution in [2.45, 2.75) is 20.0 Å². The SMILES string of the molecule is Cc1[nH]c2ccccc2c1C(=O)C(=O)NCc1ccccc1Cn1cncn1. The van der Waals surface area contributed by atoms with Crippen LogP contribution in [0.1, 0.15) is 27.2 Å². The molecule has 0 aliphatic rings. The van der Waals surface area contributed by atoms with E-state index in [1.54, 1.807) is 17.9 Å². The molecule has 7 heteroatoms. The van der Waals surface area contributed by atoms with Crippen LogP contribution < -0.4 is 5.32 Å². The maximum absolute atomic E-state index is 12.7. The average Bonchev–Trinajstić information content (AvgIpc) is 3.33. The highest BCUT2D eigenvalue weighted by Crippen LogP contribution is 2.22. The maximum Gasteiger partial charge on any atom is 0.292 e. The summed E-state index contributed by atoms with van der Waals surface area (Å²) in [6, 6.07) is 15.2. The number of nitrogens with one attached hydrogen (secondary N) is 2. The first-order chi connectivity index (χ1) is 13.6. The Labute approximate surface area is 161 Å². The zero-order chi connectivity index (χ0) is 19.5. The number of aromatic amines is 1. The summed E-state index contributed by atoms with van der Waals surface area (Å²) in [6.07, 6.45) is 3.12. The van der Waals surface area contributed by atoms with Crippen LogP contribution in [0.2, 0.25) is 0 Å². The van der Waals surface area contributed by atoms with Crippen LogP contribution >= 0.6 is 0 Å². The third-order valence-corrected chi connectivity index (χ3v) is 4.68. The van der Waals surface area contributed by atoms with Gasteiger partial charge in [0.25, 0.3) is 11.7 Å². The number of nitrogens with zero attached hydrogens (tertiary/aromatic N) is 3. The van der Waals surface area contributed by atoms with E-state index in [0.29, 0.717) is 17.8 Å². The lowest BCUT2D eigenvalue weighted by molar-refractivity contribution is -0.117. The highest BCUT2D eigenvalue weighted by molar-refractivity contribution is 6.45. The van der Waals surface area contributed by atoms with Gasteiger partial charge in [0.1, 0.15) is 12.7 Å². The second-order valence-electron chi connectivity index (χ2n) is 6.54. The normalized spacial score (nSPS) is 10.9. The number of ketones is 1. The van der Waals surface area contributed by atoms with Gasteiger partial charge < -0.3 is 10.3 Å². The second kappa shape index (κ2) is 7.48. The smallest absolute Gasteiger partial charge is 0.292 e. The molecule has 0 atom stereocenters. The molecule has 140 valence electrons. The van der Waals surface area contributed by atoms with Crippen LogP contribution in [-0.4, -0.2) is 31.4 Å². The largest absolute Gasteiger partial charge is 0.358 e. The molecule has 0 aliphatic carbocycles. The second-order valence-corrected chi connectivity index (χ2v) is 6.54. The summed E-state index contributed by atoms with van der Waals surface area (Å²) >= 11 is 0. The van der Waals surface area contributed by atoms with E-state index in [0.717, 1.165) is 22.0 Å². The third-order valence-electron chi connectivity index (χ3n) is 4.68. The first-order valence-electron chi connectivity index (χ1n) is 8.92. The summed E-state index contributed by atoms with van der Waals surface area (Å²) in [7, 11) is 0. The topological polar surface area (TPSA) is 92.7 Å². The molecule has 0 saturated heterocycles. The average molecular weight is 373 g/mol. The number of para-hydroxylation sites is 1. The maximum atomic E-state index is 12.7. The first-order valence-corrected chi connectivity index (χ1v) is 8.92. The molecule has 2 heterocycles. The fourth-order valence-corrected chi connectivity index (χ4v) is 3.31. The number of hydrogen-bond donors (Lipinski definition) is 2. The predicted molar refractivity (Wildman–Crippen MR) is 105 cm³/mol. The molecule has 7 nitrogen and oxygen atoms in total. The fraction of sp³-hybridized carbons (Fsp3) is 0.143. The lowest BCUT2D eigenvalue weighted by Crippen LogP contribution is -2.31. The molecular formula is C21H19N5O2. The van der Waals surface area contributed by atoms with Crippen molar-refractivity contribution in [3.63, 3.8) is 0 Å². The Morgan fingerprint density at radius 1 is 1.07 bits per heavy atom. The molecule has 28 heavy (non-hydrogen) atoms. The van der Waals surface area contributed by atoms with Crippen molar-refractivity contribution >= 4 is 22.6 Å². The molecule has 0 fully saturated rings. The number of Topliss-reactive ketones (excluding diaryl/α,β-unsaturated/α-hetero) is 1. The van der Waals surface area contributed by atoms with Gasteiger partial charge in [0.15, 0.2) is 0 Å². The Morgan fingerprint density at radius 3 is 2.61 bits per heavy atom. The molecule has 2 N–H and O–H groups in total. The summed E-state index contributed by atoms with van der Waals surface area (Å²) < 4.78 is 1.71.